The molecule has 2 aromatic carbocycles. The molecule has 330 valence electrons. The Balaban J connectivity index is 2.34. The van der Waals surface area contributed by atoms with Gasteiger partial charge in [-0.3, -0.25) is 33.8 Å². The number of rotatable bonds is 25. The van der Waals surface area contributed by atoms with Crippen molar-refractivity contribution in [2.75, 3.05) is 32.1 Å². The van der Waals surface area contributed by atoms with E-state index in [-0.39, 0.29) is 67.8 Å². The van der Waals surface area contributed by atoms with Gasteiger partial charge >= 0.3 is 0 Å². The highest BCUT2D eigenvalue weighted by atomic mass is 32.2. The number of carbonyl (C=O) groups is 6. The number of benzene rings is 2. The summed E-state index contributed by atoms with van der Waals surface area (Å²) in [5.41, 5.74) is 17.7. The Kier molecular flexibility index (Phi) is 21.1. The summed E-state index contributed by atoms with van der Waals surface area (Å²) in [5.74, 6) is -4.30. The Bertz CT molecular complexity index is 1910. The zero-order valence-corrected chi connectivity index (χ0v) is 36.4. The molecule has 0 radical (unpaired) electrons. The molecule has 11 N–H and O–H groups in total. The van der Waals surface area contributed by atoms with Crippen molar-refractivity contribution in [2.45, 2.75) is 89.5 Å². The van der Waals surface area contributed by atoms with E-state index < -0.39 is 75.5 Å². The van der Waals surface area contributed by atoms with Crippen LogP contribution in [0.15, 0.2) is 65.7 Å². The minimum Gasteiger partial charge on any atom is -0.370 e. The zero-order chi connectivity index (χ0) is 45.0. The summed E-state index contributed by atoms with van der Waals surface area (Å²) in [4.78, 5) is 84.9. The molecule has 20 heteroatoms. The number of sulfone groups is 1. The Morgan fingerprint density at radius 3 is 1.72 bits per heavy atom. The first-order chi connectivity index (χ1) is 28.1. The third-order valence-electron chi connectivity index (χ3n) is 9.01. The number of amides is 6. The maximum atomic E-state index is 14.2. The standard InChI is InChI=1S/C40H60N10O8S2/c1-25(2)21-31(37(54)47-29(35(41)52)18-20-60(5,57)58)46-34(59)24-50(4)39(56)33(23-28-15-10-7-11-16-28)49-38(55)32(22-27-13-8-6-9-14-27)48-36(53)30(45-26(3)51)17-12-19-44-40(42)43/h6-11,13-16,25,29-33H,12,17-24H2,1-5H3,(H2,41,52)(H,45,51)(H,46,59)(H,47,54)(H,48,53)(H,49,55)(H4,42,43,44)/t29-,30-,31-,32-,33-/m0/s1. The Labute approximate surface area is 357 Å². The third kappa shape index (κ3) is 19.9. The fraction of sp³-hybridized carbons (Fsp3) is 0.500. The highest BCUT2D eigenvalue weighted by molar-refractivity contribution is 7.90. The predicted molar refractivity (Wildman–Crippen MR) is 234 cm³/mol. The molecule has 0 aliphatic rings. The predicted octanol–water partition coefficient (Wildman–Crippen LogP) is -0.805. The number of aliphatic imine (C=N–C) groups is 1. The van der Waals surface area contributed by atoms with Crippen LogP contribution in [0.1, 0.15) is 57.6 Å². The van der Waals surface area contributed by atoms with Crippen LogP contribution in [-0.2, 0) is 51.4 Å². The third-order valence-corrected chi connectivity index (χ3v) is 10.2. The normalized spacial score (nSPS) is 13.6. The molecule has 0 spiro atoms. The molecule has 0 aliphatic carbocycles. The number of hydrogen-bond acceptors (Lipinski definition) is 10. The summed E-state index contributed by atoms with van der Waals surface area (Å²) < 4.78 is 23.4. The second kappa shape index (κ2) is 25.1. The van der Waals surface area contributed by atoms with Crippen LogP contribution in [0, 0.1) is 5.92 Å². The molecule has 0 fully saturated rings. The number of guanidine groups is 1. The molecular formula is C40H60N10O8S2. The number of primary amides is 1. The van der Waals surface area contributed by atoms with Crippen molar-refractivity contribution in [1.82, 2.24) is 31.5 Å². The van der Waals surface area contributed by atoms with Crippen molar-refractivity contribution in [2.24, 2.45) is 28.1 Å². The highest BCUT2D eigenvalue weighted by Crippen LogP contribution is 2.11. The first kappa shape index (κ1) is 50.5. The summed E-state index contributed by atoms with van der Waals surface area (Å²) in [5, 5.41) is 13.7. The van der Waals surface area contributed by atoms with E-state index in [1.54, 1.807) is 48.5 Å². The van der Waals surface area contributed by atoms with E-state index in [1.165, 1.54) is 18.9 Å². The van der Waals surface area contributed by atoms with Gasteiger partial charge in [-0.15, -0.1) is 0 Å². The lowest BCUT2D eigenvalue weighted by molar-refractivity contribution is -0.136. The molecule has 0 aromatic heterocycles. The second-order valence-corrected chi connectivity index (χ2v) is 17.8. The number of hydrogen-bond donors (Lipinski definition) is 8. The van der Waals surface area contributed by atoms with Crippen LogP contribution < -0.4 is 43.8 Å². The molecule has 2 rings (SSSR count). The molecule has 0 saturated heterocycles. The number of likely N-dealkylation sites (N-methyl/N-ethyl adjacent to an activating group) is 1. The highest BCUT2D eigenvalue weighted by Gasteiger charge is 2.32. The maximum Gasteiger partial charge on any atom is 0.245 e. The van der Waals surface area contributed by atoms with Gasteiger partial charge < -0.3 is 48.7 Å². The van der Waals surface area contributed by atoms with Gasteiger partial charge in [-0.25, -0.2) is 8.42 Å². The molecule has 18 nitrogen and oxygen atoms in total. The summed E-state index contributed by atoms with van der Waals surface area (Å²) in [6, 6.07) is 12.4. The van der Waals surface area contributed by atoms with Crippen molar-refractivity contribution in [3.8, 4) is 0 Å². The first-order valence-corrected chi connectivity index (χ1v) is 21.9. The largest absolute Gasteiger partial charge is 0.370 e. The molecule has 0 heterocycles. The SMILES string of the molecule is CC(=O)N[C@@H](CCCN=C(N)N)C(=O)N[C@@H](Cc1ccccc1)C(=O)N[C@@H](Cc1ccccc1)C(=O)N(C)CC(=S)N[C@@H](CC(C)C)C(=O)N[C@@H](CCS(C)(=O)=O)C(N)=O. The molecule has 60 heavy (non-hydrogen) atoms. The van der Waals surface area contributed by atoms with E-state index in [0.717, 1.165) is 17.4 Å². The minimum atomic E-state index is -3.44. The van der Waals surface area contributed by atoms with Crippen molar-refractivity contribution in [3.05, 3.63) is 71.8 Å². The average molecular weight is 873 g/mol. The Morgan fingerprint density at radius 2 is 1.22 bits per heavy atom. The van der Waals surface area contributed by atoms with E-state index in [2.05, 4.69) is 31.6 Å². The van der Waals surface area contributed by atoms with Crippen LogP contribution in [0.2, 0.25) is 0 Å². The number of nitrogens with two attached hydrogens (primary N) is 3. The smallest absolute Gasteiger partial charge is 0.245 e. The first-order valence-electron chi connectivity index (χ1n) is 19.5. The molecule has 0 bridgehead atoms. The lowest BCUT2D eigenvalue weighted by Gasteiger charge is -2.29. The van der Waals surface area contributed by atoms with Crippen molar-refractivity contribution in [1.29, 1.82) is 0 Å². The van der Waals surface area contributed by atoms with Crippen LogP contribution in [0.4, 0.5) is 0 Å². The van der Waals surface area contributed by atoms with E-state index in [1.807, 2.05) is 26.0 Å². The second-order valence-electron chi connectivity index (χ2n) is 15.0. The zero-order valence-electron chi connectivity index (χ0n) is 34.8. The molecule has 0 aliphatic heterocycles. The summed E-state index contributed by atoms with van der Waals surface area (Å²) in [6.45, 7) is 5.05. The van der Waals surface area contributed by atoms with E-state index in [4.69, 9.17) is 29.4 Å². The van der Waals surface area contributed by atoms with Crippen LogP contribution in [0.3, 0.4) is 0 Å². The molecule has 2 aromatic rings. The molecule has 6 amide bonds. The van der Waals surface area contributed by atoms with Gasteiger partial charge in [-0.2, -0.15) is 0 Å². The number of nitrogens with zero attached hydrogens (tertiary/aromatic N) is 2. The van der Waals surface area contributed by atoms with E-state index in [9.17, 15) is 37.2 Å². The van der Waals surface area contributed by atoms with Crippen LogP contribution in [0.5, 0.6) is 0 Å². The van der Waals surface area contributed by atoms with Gasteiger partial charge in [0.1, 0.15) is 40.0 Å². The van der Waals surface area contributed by atoms with E-state index >= 15 is 0 Å². The lowest BCUT2D eigenvalue weighted by atomic mass is 10.0. The quantitative estimate of drug-likeness (QED) is 0.0263. The van der Waals surface area contributed by atoms with Gasteiger partial charge in [0.15, 0.2) is 5.96 Å². The fourth-order valence-corrected chi connectivity index (χ4v) is 7.06. The Morgan fingerprint density at radius 1 is 0.717 bits per heavy atom. The van der Waals surface area contributed by atoms with Gasteiger partial charge in [0.2, 0.25) is 35.4 Å². The molecular weight excluding hydrogens is 813 g/mol. The topological polar surface area (TPSA) is 290 Å². The lowest BCUT2D eigenvalue weighted by Crippen LogP contribution is -2.58. The van der Waals surface area contributed by atoms with Gasteiger partial charge in [0.05, 0.1) is 17.3 Å². The van der Waals surface area contributed by atoms with Crippen LogP contribution >= 0.6 is 12.2 Å². The van der Waals surface area contributed by atoms with Gasteiger partial charge in [0, 0.05) is 39.6 Å². The number of carbonyl (C=O) groups excluding carboxylic acids is 6. The maximum absolute atomic E-state index is 14.2. The summed E-state index contributed by atoms with van der Waals surface area (Å²) >= 11 is 5.59. The van der Waals surface area contributed by atoms with Crippen molar-refractivity contribution < 1.29 is 37.2 Å². The van der Waals surface area contributed by atoms with Crippen LogP contribution in [-0.4, -0.2) is 122 Å². The average Bonchev–Trinajstić information content (AvgIpc) is 3.16. The minimum absolute atomic E-state index is 0.0218. The van der Waals surface area contributed by atoms with Gasteiger partial charge in [0.25, 0.3) is 0 Å². The number of thiocarbonyl (C=S) groups is 1. The van der Waals surface area contributed by atoms with E-state index in [0.29, 0.717) is 6.42 Å². The van der Waals surface area contributed by atoms with Crippen molar-refractivity contribution >= 4 is 68.4 Å². The Hall–Kier alpha value is -5.63. The molecule has 0 saturated carbocycles. The van der Waals surface area contributed by atoms with Gasteiger partial charge in [-0.1, -0.05) is 86.7 Å². The van der Waals surface area contributed by atoms with Crippen molar-refractivity contribution in [3.63, 3.8) is 0 Å². The molecule has 5 atom stereocenters. The molecule has 0 unspecified atom stereocenters. The monoisotopic (exact) mass is 872 g/mol. The van der Waals surface area contributed by atoms with Gasteiger partial charge in [-0.05, 0) is 42.7 Å². The fourth-order valence-electron chi connectivity index (χ4n) is 6.06. The summed E-state index contributed by atoms with van der Waals surface area (Å²) in [6.07, 6.45) is 1.71. The summed E-state index contributed by atoms with van der Waals surface area (Å²) in [7, 11) is -1.96. The van der Waals surface area contributed by atoms with Crippen LogP contribution in [0.25, 0.3) is 0 Å². The number of nitrogens with one attached hydrogen (secondary N) is 5.